The Morgan fingerprint density at radius 1 is 1.61 bits per heavy atom. The molecule has 0 aromatic heterocycles. The van der Waals surface area contributed by atoms with Crippen molar-refractivity contribution in [1.29, 1.82) is 5.26 Å². The monoisotopic (exact) mass is 244 g/mol. The van der Waals surface area contributed by atoms with Crippen molar-refractivity contribution in [3.8, 4) is 11.9 Å². The van der Waals surface area contributed by atoms with Crippen molar-refractivity contribution >= 4 is 11.9 Å². The van der Waals surface area contributed by atoms with Gasteiger partial charge in [-0.05, 0) is 13.0 Å². The van der Waals surface area contributed by atoms with Crippen LogP contribution in [0.1, 0.15) is 23.6 Å². The molecule has 0 unspecified atom stereocenters. The first-order valence-electron chi connectivity index (χ1n) is 5.42. The summed E-state index contributed by atoms with van der Waals surface area (Å²) < 4.78 is 0. The summed E-state index contributed by atoms with van der Waals surface area (Å²) in [6.07, 6.45) is 1.84. The molecule has 1 aromatic carbocycles. The standard InChI is InChI=1S/C12H12N4O2/c1-7-2-3-10(17)8(4-7)9-5-11(18)16-12(15-9)14-6-13/h2-4,9,17H,5H2,1H3,(H2,14,15,16,18)/t9-/m1/s1. The SMILES string of the molecule is Cc1ccc(O)c([C@H]2CC(=O)NC(NC#N)=N2)c1. The highest BCUT2D eigenvalue weighted by molar-refractivity contribution is 5.99. The van der Waals surface area contributed by atoms with Crippen LogP contribution in [0.15, 0.2) is 23.2 Å². The minimum absolute atomic E-state index is 0.0976. The van der Waals surface area contributed by atoms with Crippen LogP contribution < -0.4 is 10.6 Å². The summed E-state index contributed by atoms with van der Waals surface area (Å²) in [7, 11) is 0. The van der Waals surface area contributed by atoms with E-state index in [2.05, 4.69) is 15.6 Å². The molecule has 0 radical (unpaired) electrons. The van der Waals surface area contributed by atoms with Crippen LogP contribution in [-0.2, 0) is 4.79 Å². The van der Waals surface area contributed by atoms with E-state index in [1.54, 1.807) is 24.4 Å². The Labute approximate surface area is 104 Å². The normalized spacial score (nSPS) is 18.6. The summed E-state index contributed by atoms with van der Waals surface area (Å²) in [5.41, 5.74) is 1.56. The van der Waals surface area contributed by atoms with Crippen LogP contribution >= 0.6 is 0 Å². The van der Waals surface area contributed by atoms with Gasteiger partial charge in [-0.3, -0.25) is 15.4 Å². The highest BCUT2D eigenvalue weighted by atomic mass is 16.3. The number of nitriles is 1. The average Bonchev–Trinajstić information content (AvgIpc) is 2.32. The predicted molar refractivity (Wildman–Crippen MR) is 64.5 cm³/mol. The third kappa shape index (κ3) is 2.40. The van der Waals surface area contributed by atoms with Crippen molar-refractivity contribution in [2.24, 2.45) is 4.99 Å². The van der Waals surface area contributed by atoms with Gasteiger partial charge in [-0.2, -0.15) is 5.26 Å². The van der Waals surface area contributed by atoms with E-state index in [0.717, 1.165) is 5.56 Å². The van der Waals surface area contributed by atoms with Crippen molar-refractivity contribution in [1.82, 2.24) is 10.6 Å². The van der Waals surface area contributed by atoms with Gasteiger partial charge in [-0.1, -0.05) is 17.7 Å². The van der Waals surface area contributed by atoms with E-state index >= 15 is 0 Å². The van der Waals surface area contributed by atoms with Crippen molar-refractivity contribution in [3.63, 3.8) is 0 Å². The molecule has 0 saturated carbocycles. The number of phenolic OH excluding ortho intramolecular Hbond substituents is 1. The van der Waals surface area contributed by atoms with Crippen LogP contribution in [0.25, 0.3) is 0 Å². The van der Waals surface area contributed by atoms with Crippen LogP contribution in [0, 0.1) is 18.4 Å². The highest BCUT2D eigenvalue weighted by Crippen LogP contribution is 2.31. The van der Waals surface area contributed by atoms with Gasteiger partial charge in [0, 0.05) is 5.56 Å². The van der Waals surface area contributed by atoms with E-state index in [0.29, 0.717) is 5.56 Å². The molecule has 1 aliphatic heterocycles. The Hall–Kier alpha value is -2.55. The van der Waals surface area contributed by atoms with Crippen LogP contribution in [0.5, 0.6) is 5.75 Å². The number of phenols is 1. The second-order valence-electron chi connectivity index (χ2n) is 4.04. The average molecular weight is 244 g/mol. The molecular weight excluding hydrogens is 232 g/mol. The first-order chi connectivity index (χ1) is 8.60. The lowest BCUT2D eigenvalue weighted by molar-refractivity contribution is -0.120. The zero-order valence-corrected chi connectivity index (χ0v) is 9.77. The lowest BCUT2D eigenvalue weighted by atomic mass is 10.00. The van der Waals surface area contributed by atoms with Gasteiger partial charge in [0.05, 0.1) is 12.5 Å². The topological polar surface area (TPSA) is 97.5 Å². The zero-order chi connectivity index (χ0) is 13.1. The van der Waals surface area contributed by atoms with Crippen LogP contribution in [0.3, 0.4) is 0 Å². The zero-order valence-electron chi connectivity index (χ0n) is 9.77. The number of carbonyl (C=O) groups is 1. The number of guanidine groups is 1. The van der Waals surface area contributed by atoms with Crippen LogP contribution in [-0.4, -0.2) is 17.0 Å². The second-order valence-corrected chi connectivity index (χ2v) is 4.04. The largest absolute Gasteiger partial charge is 0.508 e. The van der Waals surface area contributed by atoms with Gasteiger partial charge in [-0.25, -0.2) is 4.99 Å². The number of amides is 1. The van der Waals surface area contributed by atoms with Crippen LogP contribution in [0.2, 0.25) is 0 Å². The van der Waals surface area contributed by atoms with E-state index in [1.807, 2.05) is 6.92 Å². The Morgan fingerprint density at radius 3 is 3.11 bits per heavy atom. The van der Waals surface area contributed by atoms with Crippen molar-refractivity contribution in [2.75, 3.05) is 0 Å². The second kappa shape index (κ2) is 4.75. The van der Waals surface area contributed by atoms with E-state index in [-0.39, 0.29) is 24.0 Å². The number of aryl methyl sites for hydroxylation is 1. The summed E-state index contributed by atoms with van der Waals surface area (Å²) >= 11 is 0. The molecule has 1 amide bonds. The van der Waals surface area contributed by atoms with Crippen LogP contribution in [0.4, 0.5) is 0 Å². The van der Waals surface area contributed by atoms with E-state index in [9.17, 15) is 9.90 Å². The highest BCUT2D eigenvalue weighted by Gasteiger charge is 2.24. The van der Waals surface area contributed by atoms with Gasteiger partial charge in [0.2, 0.25) is 11.9 Å². The molecule has 0 aliphatic carbocycles. The number of carbonyl (C=O) groups excluding carboxylic acids is 1. The number of benzene rings is 1. The number of nitrogens with one attached hydrogen (secondary N) is 2. The fraction of sp³-hybridized carbons (Fsp3) is 0.250. The lowest BCUT2D eigenvalue weighted by Gasteiger charge is -2.21. The number of nitrogens with zero attached hydrogens (tertiary/aromatic N) is 2. The third-order valence-corrected chi connectivity index (χ3v) is 2.64. The maximum absolute atomic E-state index is 11.5. The molecule has 0 bridgehead atoms. The molecule has 1 atom stereocenters. The van der Waals surface area contributed by atoms with Gasteiger partial charge in [0.25, 0.3) is 0 Å². The smallest absolute Gasteiger partial charge is 0.229 e. The third-order valence-electron chi connectivity index (χ3n) is 2.64. The van der Waals surface area contributed by atoms with E-state index < -0.39 is 6.04 Å². The quantitative estimate of drug-likeness (QED) is 0.500. The van der Waals surface area contributed by atoms with Gasteiger partial charge < -0.3 is 5.11 Å². The van der Waals surface area contributed by atoms with Gasteiger partial charge in [0.1, 0.15) is 5.75 Å². The predicted octanol–water partition coefficient (Wildman–Crippen LogP) is 0.688. The molecule has 6 heteroatoms. The van der Waals surface area contributed by atoms with Gasteiger partial charge in [0.15, 0.2) is 6.19 Å². The molecule has 6 nitrogen and oxygen atoms in total. The molecule has 3 N–H and O–H groups in total. The van der Waals surface area contributed by atoms with E-state index in [1.165, 1.54) is 0 Å². The first-order valence-corrected chi connectivity index (χ1v) is 5.42. The van der Waals surface area contributed by atoms with Crippen molar-refractivity contribution < 1.29 is 9.90 Å². The van der Waals surface area contributed by atoms with Gasteiger partial charge in [-0.15, -0.1) is 0 Å². The fourth-order valence-corrected chi connectivity index (χ4v) is 1.83. The van der Waals surface area contributed by atoms with Gasteiger partial charge >= 0.3 is 0 Å². The Morgan fingerprint density at radius 2 is 2.39 bits per heavy atom. The summed E-state index contributed by atoms with van der Waals surface area (Å²) in [4.78, 5) is 15.7. The minimum Gasteiger partial charge on any atom is -0.508 e. The Bertz CT molecular complexity index is 560. The first kappa shape index (κ1) is 11.9. The molecule has 0 saturated heterocycles. The summed E-state index contributed by atoms with van der Waals surface area (Å²) in [5.74, 6) is -0.0336. The Kier molecular flexibility index (Phi) is 3.15. The molecule has 0 fully saturated rings. The number of hydrogen-bond donors (Lipinski definition) is 3. The molecule has 92 valence electrons. The maximum atomic E-state index is 11.5. The molecule has 1 heterocycles. The fourth-order valence-electron chi connectivity index (χ4n) is 1.83. The van der Waals surface area contributed by atoms with E-state index in [4.69, 9.17) is 5.26 Å². The summed E-state index contributed by atoms with van der Waals surface area (Å²) in [6, 6.07) is 4.66. The lowest BCUT2D eigenvalue weighted by Crippen LogP contribution is -2.42. The number of hydrogen-bond acceptors (Lipinski definition) is 5. The Balaban J connectivity index is 2.37. The maximum Gasteiger partial charge on any atom is 0.229 e. The molecule has 1 aromatic rings. The number of rotatable bonds is 1. The number of aliphatic imine (C=N–C) groups is 1. The molecule has 18 heavy (non-hydrogen) atoms. The molecule has 0 spiro atoms. The van der Waals surface area contributed by atoms with Crippen molar-refractivity contribution in [3.05, 3.63) is 29.3 Å². The molecular formula is C12H12N4O2. The minimum atomic E-state index is -0.477. The summed E-state index contributed by atoms with van der Waals surface area (Å²) in [6.45, 7) is 1.89. The molecule has 1 aliphatic rings. The van der Waals surface area contributed by atoms with Crippen molar-refractivity contribution in [2.45, 2.75) is 19.4 Å². The number of aromatic hydroxyl groups is 1. The molecule has 2 rings (SSSR count). The summed E-state index contributed by atoms with van der Waals surface area (Å²) in [5, 5.41) is 23.1.